The van der Waals surface area contributed by atoms with Crippen LogP contribution in [0.3, 0.4) is 0 Å². The first-order chi connectivity index (χ1) is 16.1. The summed E-state index contributed by atoms with van der Waals surface area (Å²) in [5.74, 6) is -0.236. The number of hydrogen-bond acceptors (Lipinski definition) is 5. The molecule has 2 fully saturated rings. The minimum absolute atomic E-state index is 0.236. The molecule has 1 aromatic heterocycles. The van der Waals surface area contributed by atoms with E-state index in [1.807, 2.05) is 66.7 Å². The lowest BCUT2D eigenvalue weighted by Crippen LogP contribution is -2.51. The number of halogens is 1. The van der Waals surface area contributed by atoms with Crippen LogP contribution in [0.5, 0.6) is 0 Å². The largest absolute Gasteiger partial charge is 0.326 e. The van der Waals surface area contributed by atoms with Crippen LogP contribution in [0.4, 0.5) is 4.79 Å². The summed E-state index contributed by atoms with van der Waals surface area (Å²) in [4.78, 5) is 34.0. The van der Waals surface area contributed by atoms with Crippen molar-refractivity contribution in [2.45, 2.75) is 12.1 Å². The zero-order chi connectivity index (χ0) is 22.8. The maximum Gasteiger partial charge on any atom is 0.326 e. The third-order valence-corrected chi connectivity index (χ3v) is 7.55. The van der Waals surface area contributed by atoms with E-state index in [9.17, 15) is 9.59 Å². The number of piperazine rings is 1. The number of carbonyl (C=O) groups excluding carboxylic acids is 2. The van der Waals surface area contributed by atoms with Gasteiger partial charge in [-0.1, -0.05) is 72.3 Å². The van der Waals surface area contributed by atoms with Gasteiger partial charge in [0.2, 0.25) is 0 Å². The smallest absolute Gasteiger partial charge is 0.315 e. The molecule has 2 aliphatic rings. The Hall–Kier alpha value is -2.71. The number of urea groups is 1. The van der Waals surface area contributed by atoms with Crippen LogP contribution in [0, 0.1) is 0 Å². The average Bonchev–Trinajstić information content (AvgIpc) is 3.37. The zero-order valence-corrected chi connectivity index (χ0v) is 19.7. The SMILES string of the molecule is O=C1NC(c2ccccc2)(c2ccccc2)C(=O)N1CN1CCN(Cc2ccc(Cl)s2)CC1. The molecule has 170 valence electrons. The van der Waals surface area contributed by atoms with Crippen LogP contribution in [0.2, 0.25) is 4.34 Å². The highest BCUT2D eigenvalue weighted by atomic mass is 35.5. The van der Waals surface area contributed by atoms with E-state index in [0.717, 1.165) is 48.2 Å². The normalized spacial score (nSPS) is 19.1. The molecule has 3 aromatic rings. The maximum absolute atomic E-state index is 13.8. The summed E-state index contributed by atoms with van der Waals surface area (Å²) < 4.78 is 0.808. The summed E-state index contributed by atoms with van der Waals surface area (Å²) in [7, 11) is 0. The fourth-order valence-corrected chi connectivity index (χ4v) is 5.71. The number of nitrogens with zero attached hydrogens (tertiary/aromatic N) is 3. The van der Waals surface area contributed by atoms with Crippen LogP contribution in [0.25, 0.3) is 0 Å². The number of hydrogen-bond donors (Lipinski definition) is 1. The Labute approximate surface area is 202 Å². The fourth-order valence-electron chi connectivity index (χ4n) is 4.58. The molecule has 0 spiro atoms. The highest BCUT2D eigenvalue weighted by Gasteiger charge is 2.53. The minimum atomic E-state index is -1.21. The maximum atomic E-state index is 13.8. The fraction of sp³-hybridized carbons (Fsp3) is 0.280. The summed E-state index contributed by atoms with van der Waals surface area (Å²) in [5, 5.41) is 3.02. The second-order valence-corrected chi connectivity index (χ2v) is 10.2. The molecule has 1 N–H and O–H groups in total. The minimum Gasteiger partial charge on any atom is -0.315 e. The number of amides is 3. The van der Waals surface area contributed by atoms with Crippen molar-refractivity contribution in [1.29, 1.82) is 0 Å². The van der Waals surface area contributed by atoms with Gasteiger partial charge >= 0.3 is 6.03 Å². The highest BCUT2D eigenvalue weighted by molar-refractivity contribution is 7.16. The molecule has 3 amide bonds. The van der Waals surface area contributed by atoms with Gasteiger partial charge in [-0.25, -0.2) is 9.69 Å². The van der Waals surface area contributed by atoms with Gasteiger partial charge in [0.1, 0.15) is 0 Å². The van der Waals surface area contributed by atoms with Gasteiger partial charge in [0.15, 0.2) is 5.54 Å². The third-order valence-electron chi connectivity index (χ3n) is 6.33. The molecule has 3 heterocycles. The van der Waals surface area contributed by atoms with Crippen LogP contribution in [0.1, 0.15) is 16.0 Å². The first kappa shape index (κ1) is 22.1. The van der Waals surface area contributed by atoms with Gasteiger partial charge in [-0.15, -0.1) is 11.3 Å². The Morgan fingerprint density at radius 1 is 0.818 bits per heavy atom. The molecule has 6 nitrogen and oxygen atoms in total. The van der Waals surface area contributed by atoms with Crippen LogP contribution < -0.4 is 5.32 Å². The number of benzene rings is 2. The first-order valence-electron chi connectivity index (χ1n) is 11.0. The van der Waals surface area contributed by atoms with E-state index in [-0.39, 0.29) is 18.6 Å². The summed E-state index contributed by atoms with van der Waals surface area (Å²) in [5.41, 5.74) is 0.313. The molecular weight excluding hydrogens is 456 g/mol. The van der Waals surface area contributed by atoms with Gasteiger partial charge in [-0.05, 0) is 23.3 Å². The van der Waals surface area contributed by atoms with Crippen LogP contribution in [0.15, 0.2) is 72.8 Å². The van der Waals surface area contributed by atoms with Crippen molar-refractivity contribution in [3.63, 3.8) is 0 Å². The van der Waals surface area contributed by atoms with Crippen molar-refractivity contribution in [3.8, 4) is 0 Å². The molecule has 0 unspecified atom stereocenters. The molecule has 2 saturated heterocycles. The standard InChI is InChI=1S/C25H25ClN4O2S/c26-22-12-11-21(33-22)17-28-13-15-29(16-14-28)18-30-23(31)25(27-24(30)32,19-7-3-1-4-8-19)20-9-5-2-6-10-20/h1-12H,13-18H2,(H,27,32). The summed E-state index contributed by atoms with van der Waals surface area (Å²) in [6.45, 7) is 4.49. The molecule has 0 saturated carbocycles. The Balaban J connectivity index is 1.31. The highest BCUT2D eigenvalue weighted by Crippen LogP contribution is 2.36. The Morgan fingerprint density at radius 2 is 1.39 bits per heavy atom. The lowest BCUT2D eigenvalue weighted by atomic mass is 9.83. The Morgan fingerprint density at radius 3 is 1.94 bits per heavy atom. The topological polar surface area (TPSA) is 55.9 Å². The van der Waals surface area contributed by atoms with Gasteiger partial charge in [0.05, 0.1) is 11.0 Å². The molecule has 0 radical (unpaired) electrons. The molecule has 5 rings (SSSR count). The Bertz CT molecular complexity index is 1090. The van der Waals surface area contributed by atoms with E-state index in [2.05, 4.69) is 21.2 Å². The number of imide groups is 1. The molecule has 0 bridgehead atoms. The molecule has 33 heavy (non-hydrogen) atoms. The lowest BCUT2D eigenvalue weighted by molar-refractivity contribution is -0.132. The van der Waals surface area contributed by atoms with Crippen LogP contribution >= 0.6 is 22.9 Å². The average molecular weight is 481 g/mol. The van der Waals surface area contributed by atoms with E-state index in [1.165, 1.54) is 9.78 Å². The predicted octanol–water partition coefficient (Wildman–Crippen LogP) is 3.97. The molecule has 0 atom stereocenters. The lowest BCUT2D eigenvalue weighted by Gasteiger charge is -2.36. The molecular formula is C25H25ClN4O2S. The quantitative estimate of drug-likeness (QED) is 0.542. The monoisotopic (exact) mass is 480 g/mol. The van der Waals surface area contributed by atoms with Crippen molar-refractivity contribution in [2.75, 3.05) is 32.8 Å². The van der Waals surface area contributed by atoms with Gasteiger partial charge in [-0.3, -0.25) is 14.6 Å². The second kappa shape index (κ2) is 9.27. The van der Waals surface area contributed by atoms with E-state index in [1.54, 1.807) is 11.3 Å². The third kappa shape index (κ3) is 4.29. The second-order valence-electron chi connectivity index (χ2n) is 8.39. The van der Waals surface area contributed by atoms with E-state index >= 15 is 0 Å². The summed E-state index contributed by atoms with van der Waals surface area (Å²) >= 11 is 7.66. The van der Waals surface area contributed by atoms with Crippen LogP contribution in [-0.4, -0.2) is 59.5 Å². The van der Waals surface area contributed by atoms with Gasteiger partial charge in [0, 0.05) is 37.6 Å². The zero-order valence-electron chi connectivity index (χ0n) is 18.1. The van der Waals surface area contributed by atoms with Crippen molar-refractivity contribution in [3.05, 3.63) is 93.1 Å². The van der Waals surface area contributed by atoms with Crippen molar-refractivity contribution in [2.24, 2.45) is 0 Å². The number of nitrogens with one attached hydrogen (secondary N) is 1. The molecule has 2 aromatic carbocycles. The van der Waals surface area contributed by atoms with Gasteiger partial charge in [-0.2, -0.15) is 0 Å². The number of carbonyl (C=O) groups is 2. The number of rotatable bonds is 6. The Kier molecular flexibility index (Phi) is 6.21. The van der Waals surface area contributed by atoms with Crippen molar-refractivity contribution in [1.82, 2.24) is 20.0 Å². The van der Waals surface area contributed by atoms with Crippen LogP contribution in [-0.2, 0) is 16.9 Å². The first-order valence-corrected chi connectivity index (χ1v) is 12.2. The summed E-state index contributed by atoms with van der Waals surface area (Å²) in [6, 6.07) is 22.6. The molecule has 8 heteroatoms. The van der Waals surface area contributed by atoms with Crippen molar-refractivity contribution >= 4 is 34.9 Å². The molecule has 0 aliphatic carbocycles. The number of thiophene rings is 1. The van der Waals surface area contributed by atoms with E-state index < -0.39 is 5.54 Å². The predicted molar refractivity (Wildman–Crippen MR) is 130 cm³/mol. The van der Waals surface area contributed by atoms with E-state index in [4.69, 9.17) is 11.6 Å². The van der Waals surface area contributed by atoms with Crippen molar-refractivity contribution < 1.29 is 9.59 Å². The molecule has 2 aliphatic heterocycles. The van der Waals surface area contributed by atoms with Gasteiger partial charge in [0.25, 0.3) is 5.91 Å². The summed E-state index contributed by atoms with van der Waals surface area (Å²) in [6.07, 6.45) is 0. The van der Waals surface area contributed by atoms with Gasteiger partial charge < -0.3 is 5.32 Å². The van der Waals surface area contributed by atoms with E-state index in [0.29, 0.717) is 0 Å².